The van der Waals surface area contributed by atoms with Crippen molar-refractivity contribution in [1.82, 2.24) is 4.57 Å². The van der Waals surface area contributed by atoms with Gasteiger partial charge >= 0.3 is 0 Å². The van der Waals surface area contributed by atoms with Gasteiger partial charge in [0.2, 0.25) is 0 Å². The van der Waals surface area contributed by atoms with Crippen molar-refractivity contribution < 1.29 is 0 Å². The Kier molecular flexibility index (Phi) is 3.71. The molecule has 72 valence electrons. The minimum Gasteiger partial charge on any atom is -0.326 e. The standard InChI is InChI=1S/C10H16N2O/c1-2-5-9(11)8-12-7-4-3-6-10(12)13/h3-4,6-7,9H,2,5,8,11H2,1H3. The predicted octanol–water partition coefficient (Wildman–Crippen LogP) is 0.976. The van der Waals surface area contributed by atoms with E-state index in [1.807, 2.05) is 6.07 Å². The molecule has 1 aromatic rings. The van der Waals surface area contributed by atoms with Crippen molar-refractivity contribution in [2.24, 2.45) is 5.73 Å². The summed E-state index contributed by atoms with van der Waals surface area (Å²) in [7, 11) is 0. The van der Waals surface area contributed by atoms with Crippen molar-refractivity contribution in [3.8, 4) is 0 Å². The lowest BCUT2D eigenvalue weighted by molar-refractivity contribution is 0.504. The molecule has 0 radical (unpaired) electrons. The Hall–Kier alpha value is -1.09. The van der Waals surface area contributed by atoms with Crippen LogP contribution in [0.2, 0.25) is 0 Å². The Bertz CT molecular complexity index is 306. The van der Waals surface area contributed by atoms with Crippen LogP contribution in [0.4, 0.5) is 0 Å². The quantitative estimate of drug-likeness (QED) is 0.750. The highest BCUT2D eigenvalue weighted by molar-refractivity contribution is 4.93. The van der Waals surface area contributed by atoms with E-state index in [1.165, 1.54) is 0 Å². The molecule has 0 aliphatic heterocycles. The fraction of sp³-hybridized carbons (Fsp3) is 0.500. The summed E-state index contributed by atoms with van der Waals surface area (Å²) in [5, 5.41) is 0. The Morgan fingerprint density at radius 3 is 2.92 bits per heavy atom. The first-order valence-electron chi connectivity index (χ1n) is 4.65. The average Bonchev–Trinajstić information content (AvgIpc) is 2.09. The zero-order chi connectivity index (χ0) is 9.68. The SMILES string of the molecule is CCCC(N)Cn1ccccc1=O. The van der Waals surface area contributed by atoms with Crippen LogP contribution in [0.5, 0.6) is 0 Å². The Morgan fingerprint density at radius 2 is 2.31 bits per heavy atom. The van der Waals surface area contributed by atoms with Crippen LogP contribution in [0.25, 0.3) is 0 Å². The summed E-state index contributed by atoms with van der Waals surface area (Å²) < 4.78 is 1.65. The number of rotatable bonds is 4. The van der Waals surface area contributed by atoms with Gasteiger partial charge in [-0.25, -0.2) is 0 Å². The van der Waals surface area contributed by atoms with Gasteiger partial charge in [0.05, 0.1) is 0 Å². The van der Waals surface area contributed by atoms with Gasteiger partial charge in [0.1, 0.15) is 0 Å². The van der Waals surface area contributed by atoms with E-state index in [0.29, 0.717) is 6.54 Å². The molecule has 0 saturated heterocycles. The van der Waals surface area contributed by atoms with Gasteiger partial charge in [-0.3, -0.25) is 4.79 Å². The summed E-state index contributed by atoms with van der Waals surface area (Å²) in [6.45, 7) is 2.71. The average molecular weight is 180 g/mol. The van der Waals surface area contributed by atoms with Crippen LogP contribution in [-0.4, -0.2) is 10.6 Å². The van der Waals surface area contributed by atoms with E-state index < -0.39 is 0 Å². The summed E-state index contributed by atoms with van der Waals surface area (Å²) >= 11 is 0. The van der Waals surface area contributed by atoms with Crippen LogP contribution >= 0.6 is 0 Å². The largest absolute Gasteiger partial charge is 0.326 e. The molecule has 1 aromatic heterocycles. The second-order valence-electron chi connectivity index (χ2n) is 3.24. The second kappa shape index (κ2) is 4.82. The highest BCUT2D eigenvalue weighted by Crippen LogP contribution is 1.95. The molecule has 0 fully saturated rings. The third kappa shape index (κ3) is 3.03. The molecule has 1 rings (SSSR count). The molecule has 0 spiro atoms. The maximum Gasteiger partial charge on any atom is 0.250 e. The molecule has 3 nitrogen and oxygen atoms in total. The summed E-state index contributed by atoms with van der Waals surface area (Å²) in [4.78, 5) is 11.3. The van der Waals surface area contributed by atoms with E-state index in [1.54, 1.807) is 22.9 Å². The topological polar surface area (TPSA) is 48.0 Å². The van der Waals surface area contributed by atoms with Gasteiger partial charge in [0, 0.05) is 24.8 Å². The molecule has 0 aliphatic carbocycles. The third-order valence-electron chi connectivity index (χ3n) is 1.99. The lowest BCUT2D eigenvalue weighted by Crippen LogP contribution is -2.31. The molecule has 2 N–H and O–H groups in total. The van der Waals surface area contributed by atoms with E-state index in [-0.39, 0.29) is 11.6 Å². The summed E-state index contributed by atoms with van der Waals surface area (Å²) in [5.74, 6) is 0. The van der Waals surface area contributed by atoms with Crippen molar-refractivity contribution in [2.45, 2.75) is 32.4 Å². The lowest BCUT2D eigenvalue weighted by atomic mass is 10.2. The van der Waals surface area contributed by atoms with E-state index >= 15 is 0 Å². The number of hydrogen-bond acceptors (Lipinski definition) is 2. The Morgan fingerprint density at radius 1 is 1.54 bits per heavy atom. The van der Waals surface area contributed by atoms with Gasteiger partial charge in [0.15, 0.2) is 0 Å². The van der Waals surface area contributed by atoms with Crippen LogP contribution in [-0.2, 0) is 6.54 Å². The van der Waals surface area contributed by atoms with Crippen molar-refractivity contribution in [1.29, 1.82) is 0 Å². The number of hydrogen-bond donors (Lipinski definition) is 1. The highest BCUT2D eigenvalue weighted by atomic mass is 16.1. The van der Waals surface area contributed by atoms with E-state index in [9.17, 15) is 4.79 Å². The van der Waals surface area contributed by atoms with E-state index in [2.05, 4.69) is 6.92 Å². The summed E-state index contributed by atoms with van der Waals surface area (Å²) in [6, 6.07) is 5.23. The van der Waals surface area contributed by atoms with E-state index in [4.69, 9.17) is 5.73 Å². The molecule has 0 aliphatic rings. The Balaban J connectivity index is 2.63. The Labute approximate surface area is 78.2 Å². The zero-order valence-corrected chi connectivity index (χ0v) is 7.94. The highest BCUT2D eigenvalue weighted by Gasteiger charge is 2.02. The molecule has 0 aromatic carbocycles. The molecule has 13 heavy (non-hydrogen) atoms. The normalized spacial score (nSPS) is 12.8. The van der Waals surface area contributed by atoms with E-state index in [0.717, 1.165) is 12.8 Å². The first-order chi connectivity index (χ1) is 6.24. The van der Waals surface area contributed by atoms with Crippen molar-refractivity contribution in [2.75, 3.05) is 0 Å². The van der Waals surface area contributed by atoms with Gasteiger partial charge in [-0.15, -0.1) is 0 Å². The van der Waals surface area contributed by atoms with Crippen LogP contribution < -0.4 is 11.3 Å². The molecular formula is C10H16N2O. The van der Waals surface area contributed by atoms with Gasteiger partial charge < -0.3 is 10.3 Å². The van der Waals surface area contributed by atoms with Gasteiger partial charge in [0.25, 0.3) is 5.56 Å². The van der Waals surface area contributed by atoms with Gasteiger partial charge in [-0.2, -0.15) is 0 Å². The fourth-order valence-electron chi connectivity index (χ4n) is 1.33. The lowest BCUT2D eigenvalue weighted by Gasteiger charge is -2.11. The minimum atomic E-state index is 0.0223. The van der Waals surface area contributed by atoms with Crippen LogP contribution in [0.15, 0.2) is 29.2 Å². The second-order valence-corrected chi connectivity index (χ2v) is 3.24. The number of pyridine rings is 1. The number of nitrogens with two attached hydrogens (primary N) is 1. The number of nitrogens with zero attached hydrogens (tertiary/aromatic N) is 1. The first-order valence-corrected chi connectivity index (χ1v) is 4.65. The van der Waals surface area contributed by atoms with Crippen LogP contribution in [0, 0.1) is 0 Å². The van der Waals surface area contributed by atoms with Crippen molar-refractivity contribution in [3.63, 3.8) is 0 Å². The molecule has 1 atom stereocenters. The molecule has 1 heterocycles. The molecule has 0 bridgehead atoms. The molecule has 0 saturated carbocycles. The van der Waals surface area contributed by atoms with Crippen LogP contribution in [0.3, 0.4) is 0 Å². The molecule has 0 amide bonds. The van der Waals surface area contributed by atoms with Crippen molar-refractivity contribution in [3.05, 3.63) is 34.7 Å². The summed E-state index contributed by atoms with van der Waals surface area (Å²) in [5.41, 5.74) is 5.85. The van der Waals surface area contributed by atoms with Crippen molar-refractivity contribution >= 4 is 0 Å². The van der Waals surface area contributed by atoms with Gasteiger partial charge in [-0.05, 0) is 12.5 Å². The fourth-order valence-corrected chi connectivity index (χ4v) is 1.33. The molecule has 1 unspecified atom stereocenters. The smallest absolute Gasteiger partial charge is 0.250 e. The molecule has 3 heteroatoms. The third-order valence-corrected chi connectivity index (χ3v) is 1.99. The monoisotopic (exact) mass is 180 g/mol. The van der Waals surface area contributed by atoms with Gasteiger partial charge in [-0.1, -0.05) is 19.4 Å². The number of aromatic nitrogens is 1. The zero-order valence-electron chi connectivity index (χ0n) is 7.94. The minimum absolute atomic E-state index is 0.0223. The molecular weight excluding hydrogens is 164 g/mol. The van der Waals surface area contributed by atoms with Crippen LogP contribution in [0.1, 0.15) is 19.8 Å². The predicted molar refractivity (Wildman–Crippen MR) is 53.6 cm³/mol. The maximum atomic E-state index is 11.3. The maximum absolute atomic E-state index is 11.3. The summed E-state index contributed by atoms with van der Waals surface area (Å²) in [6.07, 6.45) is 3.79. The first kappa shape index (κ1) is 9.99.